The predicted molar refractivity (Wildman–Crippen MR) is 80.0 cm³/mol. The number of carbonyl (C=O) groups is 1. The second-order valence-corrected chi connectivity index (χ2v) is 5.70. The number of amides is 1. The molecule has 20 heavy (non-hydrogen) atoms. The van der Waals surface area contributed by atoms with Crippen molar-refractivity contribution in [1.29, 1.82) is 0 Å². The molecule has 0 aromatic carbocycles. The van der Waals surface area contributed by atoms with Gasteiger partial charge in [0, 0.05) is 30.4 Å². The number of aromatic amines is 1. The van der Waals surface area contributed by atoms with E-state index in [1.165, 1.54) is 25.0 Å². The van der Waals surface area contributed by atoms with Crippen molar-refractivity contribution in [2.24, 2.45) is 0 Å². The number of hydrogen-bond acceptors (Lipinski definition) is 2. The second-order valence-electron chi connectivity index (χ2n) is 5.70. The monoisotopic (exact) mass is 276 g/mol. The molecule has 1 aliphatic rings. The van der Waals surface area contributed by atoms with E-state index in [0.717, 1.165) is 37.9 Å². The fraction of sp³-hybridized carbons (Fsp3) is 0.625. The number of aromatic nitrogens is 1. The first kappa shape index (κ1) is 14.8. The molecule has 0 bridgehead atoms. The van der Waals surface area contributed by atoms with Crippen LogP contribution in [0.15, 0.2) is 16.9 Å². The summed E-state index contributed by atoms with van der Waals surface area (Å²) in [7, 11) is 0. The Morgan fingerprint density at radius 2 is 2.05 bits per heavy atom. The standard InChI is InChI=1S/C16H24N2O2/c1-3-4-9-18(13-7-5-6-8-13)16(20)15-11-14(19)10-12(2)17-15/h10-11,13H,3-9H2,1-2H3,(H,17,19). The Kier molecular flexibility index (Phi) is 4.99. The molecule has 4 heteroatoms. The topological polar surface area (TPSA) is 53.2 Å². The van der Waals surface area contributed by atoms with Gasteiger partial charge in [0.25, 0.3) is 5.91 Å². The smallest absolute Gasteiger partial charge is 0.270 e. The van der Waals surface area contributed by atoms with Crippen molar-refractivity contribution in [2.75, 3.05) is 6.54 Å². The molecule has 110 valence electrons. The highest BCUT2D eigenvalue weighted by Gasteiger charge is 2.27. The molecule has 1 N–H and O–H groups in total. The van der Waals surface area contributed by atoms with Gasteiger partial charge in [0.2, 0.25) is 0 Å². The molecule has 1 aliphatic carbocycles. The van der Waals surface area contributed by atoms with Crippen molar-refractivity contribution in [1.82, 2.24) is 9.88 Å². The lowest BCUT2D eigenvalue weighted by molar-refractivity contribution is 0.0672. The molecule has 1 saturated carbocycles. The van der Waals surface area contributed by atoms with Crippen molar-refractivity contribution in [2.45, 2.75) is 58.4 Å². The van der Waals surface area contributed by atoms with Crippen LogP contribution < -0.4 is 5.43 Å². The summed E-state index contributed by atoms with van der Waals surface area (Å²) in [4.78, 5) is 29.3. The summed E-state index contributed by atoms with van der Waals surface area (Å²) in [6.07, 6.45) is 6.66. The Morgan fingerprint density at radius 1 is 1.35 bits per heavy atom. The maximum Gasteiger partial charge on any atom is 0.270 e. The van der Waals surface area contributed by atoms with Crippen LogP contribution in [0, 0.1) is 6.92 Å². The summed E-state index contributed by atoms with van der Waals surface area (Å²) < 4.78 is 0. The molecule has 1 amide bonds. The van der Waals surface area contributed by atoms with Gasteiger partial charge in [-0.2, -0.15) is 0 Å². The van der Waals surface area contributed by atoms with Gasteiger partial charge in [0.15, 0.2) is 5.43 Å². The van der Waals surface area contributed by atoms with E-state index in [0.29, 0.717) is 11.7 Å². The van der Waals surface area contributed by atoms with Gasteiger partial charge in [0.05, 0.1) is 0 Å². The van der Waals surface area contributed by atoms with Gasteiger partial charge in [-0.1, -0.05) is 26.2 Å². The molecule has 1 aromatic heterocycles. The minimum absolute atomic E-state index is 0.0221. The third kappa shape index (κ3) is 3.50. The van der Waals surface area contributed by atoms with Crippen molar-refractivity contribution in [3.63, 3.8) is 0 Å². The zero-order chi connectivity index (χ0) is 14.5. The summed E-state index contributed by atoms with van der Waals surface area (Å²) in [5, 5.41) is 0. The summed E-state index contributed by atoms with van der Waals surface area (Å²) in [6.45, 7) is 4.73. The largest absolute Gasteiger partial charge is 0.354 e. The van der Waals surface area contributed by atoms with Gasteiger partial charge in [-0.15, -0.1) is 0 Å². The lowest BCUT2D eigenvalue weighted by Crippen LogP contribution is -2.40. The minimum atomic E-state index is -0.105. The molecule has 0 saturated heterocycles. The zero-order valence-electron chi connectivity index (χ0n) is 12.4. The highest BCUT2D eigenvalue weighted by atomic mass is 16.2. The first-order chi connectivity index (χ1) is 9.61. The van der Waals surface area contributed by atoms with Crippen molar-refractivity contribution in [3.8, 4) is 0 Å². The Balaban J connectivity index is 2.22. The van der Waals surface area contributed by atoms with Crippen LogP contribution in [0.5, 0.6) is 0 Å². The van der Waals surface area contributed by atoms with E-state index in [-0.39, 0.29) is 11.3 Å². The molecule has 0 atom stereocenters. The van der Waals surface area contributed by atoms with Gasteiger partial charge in [-0.3, -0.25) is 9.59 Å². The van der Waals surface area contributed by atoms with Crippen LogP contribution in [0.3, 0.4) is 0 Å². The van der Waals surface area contributed by atoms with Gasteiger partial charge in [-0.05, 0) is 26.2 Å². The van der Waals surface area contributed by atoms with Crippen molar-refractivity contribution < 1.29 is 4.79 Å². The van der Waals surface area contributed by atoms with E-state index in [2.05, 4.69) is 11.9 Å². The maximum absolute atomic E-state index is 12.7. The van der Waals surface area contributed by atoms with Crippen molar-refractivity contribution in [3.05, 3.63) is 33.7 Å². The first-order valence-corrected chi connectivity index (χ1v) is 7.63. The van der Waals surface area contributed by atoms with Crippen LogP contribution in [0.4, 0.5) is 0 Å². The van der Waals surface area contributed by atoms with E-state index < -0.39 is 0 Å². The molecular formula is C16H24N2O2. The van der Waals surface area contributed by atoms with Crippen LogP contribution in [-0.2, 0) is 0 Å². The SMILES string of the molecule is CCCCN(C(=O)c1cc(=O)cc(C)[nH]1)C1CCCC1. The summed E-state index contributed by atoms with van der Waals surface area (Å²) in [6, 6.07) is 3.28. The predicted octanol–water partition coefficient (Wildman–Crippen LogP) is 2.87. The van der Waals surface area contributed by atoms with Crippen LogP contribution >= 0.6 is 0 Å². The molecule has 0 spiro atoms. The fourth-order valence-corrected chi connectivity index (χ4v) is 2.95. The van der Waals surface area contributed by atoms with Gasteiger partial charge in [0.1, 0.15) is 5.69 Å². The molecule has 4 nitrogen and oxygen atoms in total. The second kappa shape index (κ2) is 6.73. The Morgan fingerprint density at radius 3 is 2.65 bits per heavy atom. The summed E-state index contributed by atoms with van der Waals surface area (Å²) >= 11 is 0. The van der Waals surface area contributed by atoms with Crippen LogP contribution in [0.25, 0.3) is 0 Å². The van der Waals surface area contributed by atoms with E-state index in [1.807, 2.05) is 11.8 Å². The first-order valence-electron chi connectivity index (χ1n) is 7.63. The number of H-pyrrole nitrogens is 1. The molecular weight excluding hydrogens is 252 g/mol. The highest BCUT2D eigenvalue weighted by Crippen LogP contribution is 2.25. The molecule has 1 aromatic rings. The van der Waals surface area contributed by atoms with E-state index in [4.69, 9.17) is 0 Å². The summed E-state index contributed by atoms with van der Waals surface area (Å²) in [5.41, 5.74) is 1.06. The number of rotatable bonds is 5. The highest BCUT2D eigenvalue weighted by molar-refractivity contribution is 5.92. The average molecular weight is 276 g/mol. The molecule has 0 unspecified atom stereocenters. The Labute approximate surface area is 120 Å². The molecule has 0 aliphatic heterocycles. The Bertz CT molecular complexity index is 515. The van der Waals surface area contributed by atoms with E-state index in [9.17, 15) is 9.59 Å². The molecule has 2 rings (SSSR count). The number of hydrogen-bond donors (Lipinski definition) is 1. The minimum Gasteiger partial charge on any atom is -0.354 e. The van der Waals surface area contributed by atoms with Crippen LogP contribution in [0.1, 0.15) is 61.6 Å². The number of carbonyl (C=O) groups excluding carboxylic acids is 1. The lowest BCUT2D eigenvalue weighted by atomic mass is 10.1. The number of nitrogens with zero attached hydrogens (tertiary/aromatic N) is 1. The third-order valence-corrected chi connectivity index (χ3v) is 3.99. The van der Waals surface area contributed by atoms with E-state index >= 15 is 0 Å². The molecule has 0 radical (unpaired) electrons. The normalized spacial score (nSPS) is 15.5. The van der Waals surface area contributed by atoms with E-state index in [1.54, 1.807) is 0 Å². The van der Waals surface area contributed by atoms with Gasteiger partial charge < -0.3 is 9.88 Å². The number of nitrogens with one attached hydrogen (secondary N) is 1. The van der Waals surface area contributed by atoms with Crippen molar-refractivity contribution >= 4 is 5.91 Å². The number of aryl methyl sites for hydroxylation is 1. The zero-order valence-corrected chi connectivity index (χ0v) is 12.4. The lowest BCUT2D eigenvalue weighted by Gasteiger charge is -2.29. The van der Waals surface area contributed by atoms with Gasteiger partial charge in [-0.25, -0.2) is 0 Å². The quantitative estimate of drug-likeness (QED) is 0.899. The molecule has 1 fully saturated rings. The summed E-state index contributed by atoms with van der Waals surface area (Å²) in [5.74, 6) is -0.0221. The number of unbranched alkanes of at least 4 members (excludes halogenated alkanes) is 1. The third-order valence-electron chi connectivity index (χ3n) is 3.99. The van der Waals surface area contributed by atoms with Crippen LogP contribution in [-0.4, -0.2) is 28.4 Å². The van der Waals surface area contributed by atoms with Crippen LogP contribution in [0.2, 0.25) is 0 Å². The van der Waals surface area contributed by atoms with Gasteiger partial charge >= 0.3 is 0 Å². The number of pyridine rings is 1. The molecule has 1 heterocycles. The Hall–Kier alpha value is -1.58. The maximum atomic E-state index is 12.7. The average Bonchev–Trinajstić information content (AvgIpc) is 2.91. The fourth-order valence-electron chi connectivity index (χ4n) is 2.95.